The first-order valence-corrected chi connectivity index (χ1v) is 13.6. The molecule has 0 unspecified atom stereocenters. The van der Waals surface area contributed by atoms with E-state index in [4.69, 9.17) is 12.2 Å². The normalized spacial score (nSPS) is 14.5. The molecule has 0 radical (unpaired) electrons. The smallest absolute Gasteiger partial charge is 0.238 e. The van der Waals surface area contributed by atoms with Crippen molar-refractivity contribution in [3.8, 4) is 0 Å². The van der Waals surface area contributed by atoms with Gasteiger partial charge in [0.25, 0.3) is 0 Å². The molecular weight excluding hydrogens is 480 g/mol. The summed E-state index contributed by atoms with van der Waals surface area (Å²) >= 11 is 5.51. The third-order valence-electron chi connectivity index (χ3n) is 5.97. The highest BCUT2D eigenvalue weighted by Gasteiger charge is 2.26. The zero-order valence-corrected chi connectivity index (χ0v) is 21.1. The molecule has 0 saturated carbocycles. The molecule has 0 spiro atoms. The first-order valence-electron chi connectivity index (χ1n) is 11.3. The van der Waals surface area contributed by atoms with Crippen LogP contribution < -0.4 is 15.5 Å². The summed E-state index contributed by atoms with van der Waals surface area (Å²) in [6.45, 7) is 1.97. The molecule has 182 valence electrons. The third kappa shape index (κ3) is 6.25. The summed E-state index contributed by atoms with van der Waals surface area (Å²) < 4.78 is 25.2. The second-order valence-corrected chi connectivity index (χ2v) is 10.8. The number of rotatable bonds is 6. The number of carbonyl (C=O) groups excluding carboxylic acids is 1. The van der Waals surface area contributed by atoms with Gasteiger partial charge in [-0.05, 0) is 35.5 Å². The van der Waals surface area contributed by atoms with Crippen LogP contribution in [0.2, 0.25) is 0 Å². The fourth-order valence-electron chi connectivity index (χ4n) is 4.24. The number of hydrogen-bond donors (Lipinski definition) is 2. The van der Waals surface area contributed by atoms with E-state index in [-0.39, 0.29) is 11.0 Å². The van der Waals surface area contributed by atoms with Crippen molar-refractivity contribution in [2.75, 3.05) is 42.7 Å². The molecule has 1 amide bonds. The van der Waals surface area contributed by atoms with Gasteiger partial charge < -0.3 is 15.5 Å². The highest BCUT2D eigenvalue weighted by molar-refractivity contribution is 7.88. The van der Waals surface area contributed by atoms with Crippen LogP contribution in [0.4, 0.5) is 11.4 Å². The Balaban J connectivity index is 1.47. The molecule has 1 aliphatic heterocycles. The monoisotopic (exact) mass is 508 g/mol. The molecule has 7 nitrogen and oxygen atoms in total. The quantitative estimate of drug-likeness (QED) is 0.497. The average Bonchev–Trinajstić information content (AvgIpc) is 2.85. The van der Waals surface area contributed by atoms with Crippen LogP contribution >= 0.6 is 12.2 Å². The molecule has 2 N–H and O–H groups in total. The highest BCUT2D eigenvalue weighted by Crippen LogP contribution is 2.28. The molecule has 3 aromatic carbocycles. The minimum Gasteiger partial charge on any atom is -0.367 e. The summed E-state index contributed by atoms with van der Waals surface area (Å²) in [5.41, 5.74) is 3.41. The Morgan fingerprint density at radius 3 is 1.89 bits per heavy atom. The van der Waals surface area contributed by atoms with Crippen molar-refractivity contribution in [1.82, 2.24) is 9.62 Å². The van der Waals surface area contributed by atoms with E-state index in [0.29, 0.717) is 26.2 Å². The lowest BCUT2D eigenvalue weighted by Crippen LogP contribution is -2.48. The van der Waals surface area contributed by atoms with Crippen molar-refractivity contribution in [3.63, 3.8) is 0 Å². The van der Waals surface area contributed by atoms with E-state index < -0.39 is 15.9 Å². The standard InChI is InChI=1S/C26H28N4O3S2/c1-35(32,33)30-18-16-29(17-19-30)23-15-9-8-14-22(23)27-26(34)28-25(31)24(20-10-4-2-5-11-20)21-12-6-3-7-13-21/h2-15,24H,16-19H2,1H3,(H2,27,28,31,34). The number of nitrogens with zero attached hydrogens (tertiary/aromatic N) is 2. The molecule has 4 rings (SSSR count). The van der Waals surface area contributed by atoms with Crippen LogP contribution in [0.15, 0.2) is 84.9 Å². The van der Waals surface area contributed by atoms with Gasteiger partial charge in [0, 0.05) is 26.2 Å². The van der Waals surface area contributed by atoms with Gasteiger partial charge in [-0.2, -0.15) is 4.31 Å². The number of piperazine rings is 1. The van der Waals surface area contributed by atoms with Gasteiger partial charge in [0.15, 0.2) is 5.11 Å². The van der Waals surface area contributed by atoms with E-state index in [2.05, 4.69) is 15.5 Å². The maximum absolute atomic E-state index is 13.4. The van der Waals surface area contributed by atoms with E-state index in [9.17, 15) is 13.2 Å². The number of anilines is 2. The first kappa shape index (κ1) is 24.8. The number of benzene rings is 3. The van der Waals surface area contributed by atoms with Crippen LogP contribution in [0.5, 0.6) is 0 Å². The molecule has 1 aliphatic rings. The molecule has 9 heteroatoms. The number of hydrogen-bond acceptors (Lipinski definition) is 5. The van der Waals surface area contributed by atoms with E-state index >= 15 is 0 Å². The number of amides is 1. The van der Waals surface area contributed by atoms with Crippen LogP contribution in [-0.4, -0.2) is 56.2 Å². The maximum atomic E-state index is 13.4. The zero-order valence-electron chi connectivity index (χ0n) is 19.4. The average molecular weight is 509 g/mol. The molecule has 35 heavy (non-hydrogen) atoms. The van der Waals surface area contributed by atoms with Crippen LogP contribution in [0.3, 0.4) is 0 Å². The van der Waals surface area contributed by atoms with Gasteiger partial charge in [-0.15, -0.1) is 0 Å². The summed E-state index contributed by atoms with van der Waals surface area (Å²) in [5, 5.41) is 6.22. The van der Waals surface area contributed by atoms with Crippen LogP contribution in [-0.2, 0) is 14.8 Å². The van der Waals surface area contributed by atoms with E-state index in [1.54, 1.807) is 0 Å². The highest BCUT2D eigenvalue weighted by atomic mass is 32.2. The van der Waals surface area contributed by atoms with Crippen molar-refractivity contribution < 1.29 is 13.2 Å². The van der Waals surface area contributed by atoms with Gasteiger partial charge in [0.05, 0.1) is 23.5 Å². The molecule has 0 aromatic heterocycles. The van der Waals surface area contributed by atoms with Crippen LogP contribution in [0, 0.1) is 0 Å². The second kappa shape index (κ2) is 11.0. The minimum atomic E-state index is -3.21. The predicted molar refractivity (Wildman–Crippen MR) is 144 cm³/mol. The summed E-state index contributed by atoms with van der Waals surface area (Å²) in [4.78, 5) is 15.5. The fourth-order valence-corrected chi connectivity index (χ4v) is 5.28. The molecule has 1 saturated heterocycles. The van der Waals surface area contributed by atoms with Crippen molar-refractivity contribution in [3.05, 3.63) is 96.1 Å². The van der Waals surface area contributed by atoms with Crippen molar-refractivity contribution in [2.45, 2.75) is 5.92 Å². The van der Waals surface area contributed by atoms with Crippen molar-refractivity contribution in [1.29, 1.82) is 0 Å². The number of carbonyl (C=O) groups is 1. The number of para-hydroxylation sites is 2. The van der Waals surface area contributed by atoms with Gasteiger partial charge in [-0.3, -0.25) is 4.79 Å². The molecule has 0 aliphatic carbocycles. The Morgan fingerprint density at radius 1 is 0.829 bits per heavy atom. The largest absolute Gasteiger partial charge is 0.367 e. The maximum Gasteiger partial charge on any atom is 0.238 e. The lowest BCUT2D eigenvalue weighted by atomic mass is 9.90. The molecule has 1 fully saturated rings. The minimum absolute atomic E-state index is 0.203. The van der Waals surface area contributed by atoms with Gasteiger partial charge in [0.1, 0.15) is 0 Å². The second-order valence-electron chi connectivity index (χ2n) is 8.36. The zero-order chi connectivity index (χ0) is 24.8. The predicted octanol–water partition coefficient (Wildman–Crippen LogP) is 3.41. The van der Waals surface area contributed by atoms with E-state index in [1.807, 2.05) is 84.9 Å². The molecule has 1 heterocycles. The Bertz CT molecular complexity index is 1240. The lowest BCUT2D eigenvalue weighted by Gasteiger charge is -2.35. The Kier molecular flexibility index (Phi) is 7.80. The number of nitrogens with one attached hydrogen (secondary N) is 2. The Morgan fingerprint density at radius 2 is 1.34 bits per heavy atom. The molecule has 3 aromatic rings. The fraction of sp³-hybridized carbons (Fsp3) is 0.231. The topological polar surface area (TPSA) is 81.8 Å². The Hall–Kier alpha value is -3.27. The summed E-state index contributed by atoms with van der Waals surface area (Å²) in [7, 11) is -3.21. The van der Waals surface area contributed by atoms with Crippen molar-refractivity contribution in [2.24, 2.45) is 0 Å². The molecule has 0 atom stereocenters. The van der Waals surface area contributed by atoms with Gasteiger partial charge in [-0.1, -0.05) is 72.8 Å². The van der Waals surface area contributed by atoms with Gasteiger partial charge >= 0.3 is 0 Å². The van der Waals surface area contributed by atoms with E-state index in [1.165, 1.54) is 10.6 Å². The van der Waals surface area contributed by atoms with Gasteiger partial charge in [-0.25, -0.2) is 8.42 Å². The number of thiocarbonyl (C=S) groups is 1. The third-order valence-corrected chi connectivity index (χ3v) is 7.47. The van der Waals surface area contributed by atoms with Crippen LogP contribution in [0.1, 0.15) is 17.0 Å². The Labute approximate surface area is 211 Å². The lowest BCUT2D eigenvalue weighted by molar-refractivity contribution is -0.120. The molecular formula is C26H28N4O3S2. The summed E-state index contributed by atoms with van der Waals surface area (Å²) in [6, 6.07) is 26.9. The summed E-state index contributed by atoms with van der Waals surface area (Å²) in [6.07, 6.45) is 1.23. The van der Waals surface area contributed by atoms with Crippen LogP contribution in [0.25, 0.3) is 0 Å². The van der Waals surface area contributed by atoms with Crippen molar-refractivity contribution >= 4 is 44.6 Å². The first-order chi connectivity index (χ1) is 16.8. The summed E-state index contributed by atoms with van der Waals surface area (Å²) in [5.74, 6) is -0.726. The molecule has 0 bridgehead atoms. The SMILES string of the molecule is CS(=O)(=O)N1CCN(c2ccccc2NC(=S)NC(=O)C(c2ccccc2)c2ccccc2)CC1. The van der Waals surface area contributed by atoms with E-state index in [0.717, 1.165) is 22.5 Å². The van der Waals surface area contributed by atoms with Gasteiger partial charge in [0.2, 0.25) is 15.9 Å². The number of sulfonamides is 1.